The summed E-state index contributed by atoms with van der Waals surface area (Å²) in [6.45, 7) is 0. The molecule has 2 aromatic carbocycles. The number of benzene rings is 2. The Labute approximate surface area is 176 Å². The van der Waals surface area contributed by atoms with E-state index in [1.807, 2.05) is 0 Å². The predicted molar refractivity (Wildman–Crippen MR) is 111 cm³/mol. The molecule has 0 aliphatic carbocycles. The van der Waals surface area contributed by atoms with Gasteiger partial charge in [0.1, 0.15) is 5.39 Å². The molecule has 0 amide bonds. The molecular formula is C17H15N7O5S2. The summed E-state index contributed by atoms with van der Waals surface area (Å²) in [6, 6.07) is 11.3. The van der Waals surface area contributed by atoms with Crippen LogP contribution in [-0.2, 0) is 20.0 Å². The van der Waals surface area contributed by atoms with Crippen molar-refractivity contribution in [3.8, 4) is 0 Å². The average Bonchev–Trinajstić information content (AvgIpc) is 3.16. The van der Waals surface area contributed by atoms with E-state index in [1.54, 1.807) is 4.90 Å². The predicted octanol–water partition coefficient (Wildman–Crippen LogP) is 0.965. The van der Waals surface area contributed by atoms with Gasteiger partial charge in [-0.25, -0.2) is 27.1 Å². The molecule has 0 unspecified atom stereocenters. The number of rotatable bonds is 5. The number of nitrogen functional groups attached to an aromatic ring is 1. The molecule has 0 aliphatic rings. The molecule has 0 atom stereocenters. The Bertz CT molecular complexity index is 1410. The fourth-order valence-corrected chi connectivity index (χ4v) is 3.93. The van der Waals surface area contributed by atoms with Gasteiger partial charge in [-0.15, -0.1) is 0 Å². The third kappa shape index (κ3) is 4.04. The van der Waals surface area contributed by atoms with E-state index in [0.717, 1.165) is 0 Å². The summed E-state index contributed by atoms with van der Waals surface area (Å²) in [5.74, 6) is 0.182. The molecule has 0 radical (unpaired) electrons. The SMILES string of the molecule is Nc1nc(N(c2ccc(S(N)(=O)=O)cc2)c2ccc(S(N)(=O)=O)cc2)c2cnoc2n1. The van der Waals surface area contributed by atoms with Gasteiger partial charge >= 0.3 is 0 Å². The van der Waals surface area contributed by atoms with Gasteiger partial charge in [-0.1, -0.05) is 5.16 Å². The van der Waals surface area contributed by atoms with Gasteiger partial charge in [-0.05, 0) is 48.5 Å². The van der Waals surface area contributed by atoms with Crippen molar-refractivity contribution >= 4 is 54.3 Å². The number of primary sulfonamides is 2. The summed E-state index contributed by atoms with van der Waals surface area (Å²) >= 11 is 0. The van der Waals surface area contributed by atoms with Gasteiger partial charge in [0.15, 0.2) is 5.82 Å². The zero-order chi connectivity index (χ0) is 22.4. The molecular weight excluding hydrogens is 446 g/mol. The molecule has 0 fully saturated rings. The zero-order valence-electron chi connectivity index (χ0n) is 15.6. The van der Waals surface area contributed by atoms with E-state index in [9.17, 15) is 16.8 Å². The monoisotopic (exact) mass is 461 g/mol. The highest BCUT2D eigenvalue weighted by Gasteiger charge is 2.21. The number of hydrogen-bond donors (Lipinski definition) is 3. The van der Waals surface area contributed by atoms with Gasteiger partial charge in [-0.3, -0.25) is 4.90 Å². The Morgan fingerprint density at radius 2 is 1.26 bits per heavy atom. The molecule has 2 aromatic heterocycles. The molecule has 4 aromatic rings. The summed E-state index contributed by atoms with van der Waals surface area (Å²) in [7, 11) is -7.80. The molecule has 0 saturated carbocycles. The Kier molecular flexibility index (Phi) is 4.85. The lowest BCUT2D eigenvalue weighted by Gasteiger charge is -2.25. The lowest BCUT2D eigenvalue weighted by Crippen LogP contribution is -2.16. The third-order valence-electron chi connectivity index (χ3n) is 4.29. The normalized spacial score (nSPS) is 12.2. The Balaban J connectivity index is 1.94. The van der Waals surface area contributed by atoms with Crippen molar-refractivity contribution in [1.29, 1.82) is 0 Å². The topological polar surface area (TPSA) is 201 Å². The van der Waals surface area contributed by atoms with Crippen LogP contribution in [0.1, 0.15) is 0 Å². The molecule has 2 heterocycles. The van der Waals surface area contributed by atoms with Crippen LogP contribution in [0.15, 0.2) is 69.0 Å². The number of anilines is 4. The number of hydrogen-bond acceptors (Lipinski definition) is 10. The maximum Gasteiger partial charge on any atom is 0.264 e. The first kappa shape index (κ1) is 20.7. The Morgan fingerprint density at radius 3 is 1.71 bits per heavy atom. The molecule has 4 rings (SSSR count). The van der Waals surface area contributed by atoms with Gasteiger partial charge in [0.2, 0.25) is 26.0 Å². The van der Waals surface area contributed by atoms with E-state index in [-0.39, 0.29) is 27.3 Å². The van der Waals surface area contributed by atoms with E-state index >= 15 is 0 Å². The highest BCUT2D eigenvalue weighted by atomic mass is 32.2. The van der Waals surface area contributed by atoms with Crippen LogP contribution in [0.25, 0.3) is 11.1 Å². The van der Waals surface area contributed by atoms with Crippen LogP contribution in [0.2, 0.25) is 0 Å². The number of sulfonamides is 2. The first-order valence-corrected chi connectivity index (χ1v) is 11.6. The van der Waals surface area contributed by atoms with E-state index in [1.165, 1.54) is 54.7 Å². The van der Waals surface area contributed by atoms with Crippen molar-refractivity contribution in [3.05, 3.63) is 54.7 Å². The van der Waals surface area contributed by atoms with Crippen molar-refractivity contribution in [2.24, 2.45) is 10.3 Å². The minimum Gasteiger partial charge on any atom is -0.368 e. The zero-order valence-corrected chi connectivity index (χ0v) is 17.2. The molecule has 0 bridgehead atoms. The smallest absolute Gasteiger partial charge is 0.264 e. The molecule has 31 heavy (non-hydrogen) atoms. The lowest BCUT2D eigenvalue weighted by molar-refractivity contribution is 0.449. The standard InChI is InChI=1S/C17H15N7O5S2/c18-17-22-15(14-9-21-29-16(14)23-17)24(10-1-5-12(6-2-10)30(19,25)26)11-3-7-13(8-4-11)31(20,27)28/h1-9H,(H2,18,22,23)(H2,19,25,26)(H2,20,27,28). The van der Waals surface area contributed by atoms with Crippen LogP contribution < -0.4 is 20.9 Å². The molecule has 6 N–H and O–H groups in total. The second-order valence-corrected chi connectivity index (χ2v) is 9.49. The van der Waals surface area contributed by atoms with Crippen molar-refractivity contribution in [1.82, 2.24) is 15.1 Å². The minimum atomic E-state index is -3.90. The van der Waals surface area contributed by atoms with Crippen molar-refractivity contribution in [3.63, 3.8) is 0 Å². The summed E-state index contributed by atoms with van der Waals surface area (Å²) in [4.78, 5) is 9.68. The maximum absolute atomic E-state index is 11.6. The maximum atomic E-state index is 11.6. The van der Waals surface area contributed by atoms with Gasteiger partial charge in [-0.2, -0.15) is 9.97 Å². The van der Waals surface area contributed by atoms with Crippen LogP contribution >= 0.6 is 0 Å². The fraction of sp³-hybridized carbons (Fsp3) is 0. The summed E-state index contributed by atoms with van der Waals surface area (Å²) < 4.78 is 51.5. The molecule has 0 saturated heterocycles. The number of fused-ring (bicyclic) bond motifs is 1. The molecule has 0 spiro atoms. The van der Waals surface area contributed by atoms with Crippen LogP contribution in [0.5, 0.6) is 0 Å². The van der Waals surface area contributed by atoms with Gasteiger partial charge in [0, 0.05) is 11.4 Å². The van der Waals surface area contributed by atoms with Crippen LogP contribution in [0.4, 0.5) is 23.1 Å². The third-order valence-corrected chi connectivity index (χ3v) is 6.15. The van der Waals surface area contributed by atoms with E-state index in [2.05, 4.69) is 15.1 Å². The number of nitrogens with zero attached hydrogens (tertiary/aromatic N) is 4. The van der Waals surface area contributed by atoms with Gasteiger partial charge in [0.25, 0.3) is 5.71 Å². The second kappa shape index (κ2) is 7.28. The molecule has 12 nitrogen and oxygen atoms in total. The highest BCUT2D eigenvalue weighted by molar-refractivity contribution is 7.89. The quantitative estimate of drug-likeness (QED) is 0.384. The highest BCUT2D eigenvalue weighted by Crippen LogP contribution is 2.37. The summed E-state index contributed by atoms with van der Waals surface area (Å²) in [5, 5.41) is 14.5. The first-order chi connectivity index (χ1) is 14.5. The number of nitrogens with two attached hydrogens (primary N) is 3. The van der Waals surface area contributed by atoms with Crippen molar-refractivity contribution in [2.75, 3.05) is 10.6 Å². The van der Waals surface area contributed by atoms with Crippen molar-refractivity contribution < 1.29 is 21.4 Å². The first-order valence-electron chi connectivity index (χ1n) is 8.48. The number of aromatic nitrogens is 3. The average molecular weight is 461 g/mol. The molecule has 160 valence electrons. The minimum absolute atomic E-state index is 0.0851. The molecule has 14 heteroatoms. The van der Waals surface area contributed by atoms with Gasteiger partial charge < -0.3 is 10.3 Å². The van der Waals surface area contributed by atoms with Crippen LogP contribution in [0, 0.1) is 0 Å². The Morgan fingerprint density at radius 1 is 0.774 bits per heavy atom. The second-order valence-electron chi connectivity index (χ2n) is 6.36. The summed E-state index contributed by atoms with van der Waals surface area (Å²) in [6.07, 6.45) is 1.40. The lowest BCUT2D eigenvalue weighted by atomic mass is 10.2. The van der Waals surface area contributed by atoms with Crippen molar-refractivity contribution in [2.45, 2.75) is 9.79 Å². The van der Waals surface area contributed by atoms with Gasteiger partial charge in [0.05, 0.1) is 16.0 Å². The van der Waals surface area contributed by atoms with Crippen LogP contribution in [-0.4, -0.2) is 32.0 Å². The summed E-state index contributed by atoms with van der Waals surface area (Å²) in [5.41, 5.74) is 6.88. The van der Waals surface area contributed by atoms with E-state index < -0.39 is 20.0 Å². The Hall–Kier alpha value is -3.59. The van der Waals surface area contributed by atoms with Crippen LogP contribution in [0.3, 0.4) is 0 Å². The van der Waals surface area contributed by atoms with E-state index in [4.69, 9.17) is 20.5 Å². The largest absolute Gasteiger partial charge is 0.368 e. The van der Waals surface area contributed by atoms with E-state index in [0.29, 0.717) is 16.8 Å². The molecule has 0 aliphatic heterocycles. The fourth-order valence-electron chi connectivity index (χ4n) is 2.90.